The number of aromatic nitrogens is 2. The van der Waals surface area contributed by atoms with E-state index in [4.69, 9.17) is 0 Å². The number of anilines is 1. The number of piperidine rings is 1. The average molecular weight is 373 g/mol. The van der Waals surface area contributed by atoms with Crippen molar-refractivity contribution >= 4 is 33.7 Å². The Morgan fingerprint density at radius 2 is 2.20 bits per heavy atom. The van der Waals surface area contributed by atoms with E-state index in [1.54, 1.807) is 22.7 Å². The number of hydrogen-bond acceptors (Lipinski definition) is 5. The molecule has 0 aliphatic carbocycles. The quantitative estimate of drug-likeness (QED) is 0.717. The summed E-state index contributed by atoms with van der Waals surface area (Å²) >= 11 is 3.29. The molecule has 7 heteroatoms. The maximum absolute atomic E-state index is 12.6. The average Bonchev–Trinajstić information content (AvgIpc) is 3.38. The fourth-order valence-electron chi connectivity index (χ4n) is 3.13. The summed E-state index contributed by atoms with van der Waals surface area (Å²) in [5.41, 5.74) is 0.659. The largest absolute Gasteiger partial charge is 0.338 e. The lowest BCUT2D eigenvalue weighted by atomic mass is 9.97. The molecule has 1 fully saturated rings. The van der Waals surface area contributed by atoms with Gasteiger partial charge >= 0.3 is 0 Å². The summed E-state index contributed by atoms with van der Waals surface area (Å²) < 4.78 is 1.97. The Balaban J connectivity index is 1.44. The van der Waals surface area contributed by atoms with Crippen molar-refractivity contribution in [1.29, 1.82) is 0 Å². The zero-order valence-electron chi connectivity index (χ0n) is 13.8. The van der Waals surface area contributed by atoms with Crippen LogP contribution in [0.5, 0.6) is 0 Å². The van der Waals surface area contributed by atoms with Crippen LogP contribution in [-0.2, 0) is 6.54 Å². The molecule has 0 spiro atoms. The van der Waals surface area contributed by atoms with E-state index in [0.29, 0.717) is 23.3 Å². The van der Waals surface area contributed by atoms with Crippen molar-refractivity contribution in [3.05, 3.63) is 57.5 Å². The van der Waals surface area contributed by atoms with Gasteiger partial charge in [0.15, 0.2) is 5.13 Å². The lowest BCUT2D eigenvalue weighted by molar-refractivity contribution is 0.101. The van der Waals surface area contributed by atoms with Crippen molar-refractivity contribution < 1.29 is 4.79 Å². The van der Waals surface area contributed by atoms with Crippen molar-refractivity contribution in [2.24, 2.45) is 0 Å². The number of thiophene rings is 1. The number of nitrogens with one attached hydrogen (secondary N) is 2. The topological polar surface area (TPSA) is 59.0 Å². The first-order chi connectivity index (χ1) is 12.3. The lowest BCUT2D eigenvalue weighted by Gasteiger charge is -2.20. The van der Waals surface area contributed by atoms with Gasteiger partial charge in [-0.3, -0.25) is 10.1 Å². The summed E-state index contributed by atoms with van der Waals surface area (Å²) in [5.74, 6) is 0.458. The van der Waals surface area contributed by atoms with Crippen LogP contribution in [0.15, 0.2) is 42.0 Å². The smallest absolute Gasteiger partial charge is 0.274 e. The number of amides is 1. The number of rotatable bonds is 5. The van der Waals surface area contributed by atoms with Gasteiger partial charge in [-0.1, -0.05) is 6.07 Å². The van der Waals surface area contributed by atoms with Crippen LogP contribution in [0.2, 0.25) is 0 Å². The van der Waals surface area contributed by atoms with Gasteiger partial charge in [-0.15, -0.1) is 22.7 Å². The van der Waals surface area contributed by atoms with Gasteiger partial charge < -0.3 is 9.88 Å². The molecule has 1 saturated heterocycles. The van der Waals surface area contributed by atoms with Crippen molar-refractivity contribution in [2.75, 3.05) is 18.4 Å². The third-order valence-corrected chi connectivity index (χ3v) is 6.39. The molecule has 3 aromatic heterocycles. The third kappa shape index (κ3) is 3.84. The Hall–Kier alpha value is -1.96. The molecule has 5 nitrogen and oxygen atoms in total. The molecule has 4 rings (SSSR count). The lowest BCUT2D eigenvalue weighted by Crippen LogP contribution is -2.26. The Morgan fingerprint density at radius 1 is 1.32 bits per heavy atom. The first kappa shape index (κ1) is 16.5. The van der Waals surface area contributed by atoms with Crippen molar-refractivity contribution in [1.82, 2.24) is 14.9 Å². The van der Waals surface area contributed by atoms with E-state index in [0.717, 1.165) is 25.9 Å². The fraction of sp³-hybridized carbons (Fsp3) is 0.333. The molecule has 1 aliphatic heterocycles. The Labute approximate surface area is 154 Å². The van der Waals surface area contributed by atoms with E-state index >= 15 is 0 Å². The SMILES string of the molecule is O=C(Nc1ncc(C2CCNCC2)s1)c1cccn1Cc1cccs1. The summed E-state index contributed by atoms with van der Waals surface area (Å²) in [4.78, 5) is 19.5. The summed E-state index contributed by atoms with van der Waals surface area (Å²) in [7, 11) is 0. The number of carbonyl (C=O) groups is 1. The van der Waals surface area contributed by atoms with Crippen molar-refractivity contribution in [3.8, 4) is 0 Å². The van der Waals surface area contributed by atoms with Crippen LogP contribution in [0.1, 0.15) is 39.0 Å². The standard InChI is InChI=1S/C18H20N4OS2/c23-17(15-4-1-9-22(15)12-14-3-2-10-24-14)21-18-20-11-16(25-18)13-5-7-19-8-6-13/h1-4,9-11,13,19H,5-8,12H2,(H,20,21,23). The maximum Gasteiger partial charge on any atom is 0.274 e. The molecule has 0 atom stereocenters. The Bertz CT molecular complexity index is 831. The second-order valence-electron chi connectivity index (χ2n) is 6.15. The van der Waals surface area contributed by atoms with Gasteiger partial charge in [0.25, 0.3) is 5.91 Å². The maximum atomic E-state index is 12.6. The normalized spacial score (nSPS) is 15.4. The number of hydrogen-bond donors (Lipinski definition) is 2. The molecule has 3 aromatic rings. The first-order valence-corrected chi connectivity index (χ1v) is 10.1. The molecule has 1 amide bonds. The van der Waals surface area contributed by atoms with Gasteiger partial charge in [-0.2, -0.15) is 0 Å². The van der Waals surface area contributed by atoms with E-state index in [-0.39, 0.29) is 5.91 Å². The van der Waals surface area contributed by atoms with Gasteiger partial charge in [-0.25, -0.2) is 4.98 Å². The zero-order valence-corrected chi connectivity index (χ0v) is 15.4. The van der Waals surface area contributed by atoms with Crippen LogP contribution in [-0.4, -0.2) is 28.5 Å². The highest BCUT2D eigenvalue weighted by Crippen LogP contribution is 2.31. The molecule has 0 bridgehead atoms. The van der Waals surface area contributed by atoms with Crippen LogP contribution < -0.4 is 10.6 Å². The van der Waals surface area contributed by atoms with Gasteiger partial charge in [0.2, 0.25) is 0 Å². The van der Waals surface area contributed by atoms with Gasteiger partial charge in [0.05, 0.1) is 6.54 Å². The number of thiazole rings is 1. The highest BCUT2D eigenvalue weighted by molar-refractivity contribution is 7.15. The molecular weight excluding hydrogens is 352 g/mol. The highest BCUT2D eigenvalue weighted by atomic mass is 32.1. The molecule has 0 unspecified atom stereocenters. The predicted molar refractivity (Wildman–Crippen MR) is 103 cm³/mol. The van der Waals surface area contributed by atoms with E-state index in [1.807, 2.05) is 35.2 Å². The van der Waals surface area contributed by atoms with Crippen molar-refractivity contribution in [3.63, 3.8) is 0 Å². The second kappa shape index (κ2) is 7.51. The van der Waals surface area contributed by atoms with Gasteiger partial charge in [0, 0.05) is 22.1 Å². The Morgan fingerprint density at radius 3 is 3.00 bits per heavy atom. The van der Waals surface area contributed by atoms with Gasteiger partial charge in [0.1, 0.15) is 5.69 Å². The molecule has 0 radical (unpaired) electrons. The van der Waals surface area contributed by atoms with Crippen LogP contribution >= 0.6 is 22.7 Å². The van der Waals surface area contributed by atoms with Crippen LogP contribution in [0.3, 0.4) is 0 Å². The third-order valence-electron chi connectivity index (χ3n) is 4.45. The molecule has 4 heterocycles. The van der Waals surface area contributed by atoms with Crippen LogP contribution in [0, 0.1) is 0 Å². The minimum Gasteiger partial charge on any atom is -0.338 e. The van der Waals surface area contributed by atoms with Crippen LogP contribution in [0.25, 0.3) is 0 Å². The summed E-state index contributed by atoms with van der Waals surface area (Å²) in [6, 6.07) is 7.87. The van der Waals surface area contributed by atoms with E-state index in [9.17, 15) is 4.79 Å². The predicted octanol–water partition coefficient (Wildman–Crippen LogP) is 3.77. The minimum atomic E-state index is -0.104. The molecule has 1 aliphatic rings. The van der Waals surface area contributed by atoms with E-state index in [2.05, 4.69) is 27.1 Å². The van der Waals surface area contributed by atoms with E-state index < -0.39 is 0 Å². The Kier molecular flexibility index (Phi) is 4.96. The second-order valence-corrected chi connectivity index (χ2v) is 8.24. The number of carbonyl (C=O) groups excluding carboxylic acids is 1. The minimum absolute atomic E-state index is 0.104. The zero-order chi connectivity index (χ0) is 17.1. The van der Waals surface area contributed by atoms with Gasteiger partial charge in [-0.05, 0) is 55.4 Å². The fourth-order valence-corrected chi connectivity index (χ4v) is 4.81. The van der Waals surface area contributed by atoms with Crippen LogP contribution in [0.4, 0.5) is 5.13 Å². The first-order valence-electron chi connectivity index (χ1n) is 8.45. The number of nitrogens with zero attached hydrogens (tertiary/aromatic N) is 2. The molecule has 0 saturated carbocycles. The summed E-state index contributed by atoms with van der Waals surface area (Å²) in [6.45, 7) is 2.83. The molecule has 0 aromatic carbocycles. The monoisotopic (exact) mass is 372 g/mol. The molecule has 2 N–H and O–H groups in total. The summed E-state index contributed by atoms with van der Waals surface area (Å²) in [6.07, 6.45) is 6.14. The molecule has 25 heavy (non-hydrogen) atoms. The van der Waals surface area contributed by atoms with Crippen molar-refractivity contribution in [2.45, 2.75) is 25.3 Å². The summed E-state index contributed by atoms with van der Waals surface area (Å²) in [5, 5.41) is 9.07. The highest BCUT2D eigenvalue weighted by Gasteiger charge is 2.19. The molecular formula is C18H20N4OS2. The molecule has 130 valence electrons. The van der Waals surface area contributed by atoms with E-state index in [1.165, 1.54) is 9.75 Å².